The Balaban J connectivity index is 1.94. The van der Waals surface area contributed by atoms with Gasteiger partial charge in [0.2, 0.25) is 0 Å². The number of nitrogens with zero attached hydrogens (tertiary/aromatic N) is 3. The van der Waals surface area contributed by atoms with Crippen LogP contribution in [-0.4, -0.2) is 44.4 Å². The van der Waals surface area contributed by atoms with Crippen LogP contribution < -0.4 is 5.32 Å². The first kappa shape index (κ1) is 18.9. The number of carbonyl (C=O) groups excluding carboxylic acids is 2. The molecule has 1 atom stereocenters. The van der Waals surface area contributed by atoms with E-state index in [0.29, 0.717) is 17.6 Å². The van der Waals surface area contributed by atoms with E-state index in [-0.39, 0.29) is 17.4 Å². The van der Waals surface area contributed by atoms with Gasteiger partial charge in [-0.05, 0) is 65.7 Å². The number of fused-ring (bicyclic) bond motifs is 1. The molecule has 0 radical (unpaired) electrons. The van der Waals surface area contributed by atoms with Gasteiger partial charge in [-0.15, -0.1) is 0 Å². The van der Waals surface area contributed by atoms with Gasteiger partial charge in [0.1, 0.15) is 5.69 Å². The van der Waals surface area contributed by atoms with Crippen LogP contribution in [0.25, 0.3) is 0 Å². The van der Waals surface area contributed by atoms with Gasteiger partial charge in [0.25, 0.3) is 11.8 Å². The Kier molecular flexibility index (Phi) is 5.39. The van der Waals surface area contributed by atoms with Crippen LogP contribution in [-0.2, 0) is 13.0 Å². The number of aromatic nitrogens is 2. The Morgan fingerprint density at radius 3 is 2.58 bits per heavy atom. The molecule has 1 N–H and O–H groups in total. The highest BCUT2D eigenvalue weighted by Crippen LogP contribution is 2.26. The molecule has 1 fully saturated rings. The number of imidazole rings is 1. The Labute approximate surface area is 156 Å². The molecule has 2 aliphatic rings. The summed E-state index contributed by atoms with van der Waals surface area (Å²) in [6.07, 6.45) is 7.16. The molecule has 6 heteroatoms. The minimum Gasteiger partial charge on any atom is -0.345 e. The van der Waals surface area contributed by atoms with Crippen molar-refractivity contribution in [3.63, 3.8) is 0 Å². The molecule has 6 nitrogen and oxygen atoms in total. The second-order valence-corrected chi connectivity index (χ2v) is 8.60. The first-order chi connectivity index (χ1) is 12.3. The fraction of sp³-hybridized carbons (Fsp3) is 0.750. The van der Waals surface area contributed by atoms with Crippen molar-refractivity contribution in [2.24, 2.45) is 0 Å². The summed E-state index contributed by atoms with van der Waals surface area (Å²) in [5.41, 5.74) is 1.12. The number of rotatable bonds is 3. The quantitative estimate of drug-likeness (QED) is 0.900. The van der Waals surface area contributed by atoms with Crippen LogP contribution >= 0.6 is 0 Å². The van der Waals surface area contributed by atoms with E-state index < -0.39 is 0 Å². The number of amides is 2. The summed E-state index contributed by atoms with van der Waals surface area (Å²) in [6.45, 7) is 9.57. The Morgan fingerprint density at radius 2 is 1.88 bits per heavy atom. The zero-order valence-corrected chi connectivity index (χ0v) is 16.6. The van der Waals surface area contributed by atoms with Crippen molar-refractivity contribution >= 4 is 11.8 Å². The summed E-state index contributed by atoms with van der Waals surface area (Å²) in [6, 6.07) is 0.295. The maximum absolute atomic E-state index is 13.3. The third-order valence-electron chi connectivity index (χ3n) is 5.37. The van der Waals surface area contributed by atoms with E-state index in [1.807, 2.05) is 30.2 Å². The molecule has 0 aromatic carbocycles. The van der Waals surface area contributed by atoms with Gasteiger partial charge in [-0.1, -0.05) is 6.92 Å². The van der Waals surface area contributed by atoms with Crippen molar-refractivity contribution in [2.75, 3.05) is 6.54 Å². The molecule has 1 unspecified atom stereocenters. The van der Waals surface area contributed by atoms with Crippen molar-refractivity contribution < 1.29 is 9.59 Å². The standard InChI is InChI=1S/C20H32N4O2/c1-5-14-10-6-8-12-23(14)19(26)16-15-11-7-9-13-24(15)17(21-16)18(25)22-20(2,3)4/h14H,5-13H2,1-4H3,(H,22,25). The Morgan fingerprint density at radius 1 is 1.15 bits per heavy atom. The van der Waals surface area contributed by atoms with Gasteiger partial charge in [0.05, 0.1) is 5.69 Å². The molecule has 2 aliphatic heterocycles. The highest BCUT2D eigenvalue weighted by Gasteiger charge is 2.33. The molecule has 2 amide bonds. The number of hydrogen-bond donors (Lipinski definition) is 1. The highest BCUT2D eigenvalue weighted by atomic mass is 16.2. The van der Waals surface area contributed by atoms with Crippen LogP contribution in [0.15, 0.2) is 0 Å². The summed E-state index contributed by atoms with van der Waals surface area (Å²) in [5, 5.41) is 2.99. The summed E-state index contributed by atoms with van der Waals surface area (Å²) in [5.74, 6) is 0.213. The van der Waals surface area contributed by atoms with E-state index in [1.54, 1.807) is 0 Å². The van der Waals surface area contributed by atoms with Crippen LogP contribution in [0.5, 0.6) is 0 Å². The van der Waals surface area contributed by atoms with Crippen molar-refractivity contribution in [3.05, 3.63) is 17.2 Å². The molecule has 3 heterocycles. The zero-order valence-electron chi connectivity index (χ0n) is 16.6. The molecule has 0 saturated carbocycles. The van der Waals surface area contributed by atoms with Gasteiger partial charge >= 0.3 is 0 Å². The maximum Gasteiger partial charge on any atom is 0.287 e. The van der Waals surface area contributed by atoms with Gasteiger partial charge in [0.15, 0.2) is 5.82 Å². The lowest BCUT2D eigenvalue weighted by atomic mass is 9.99. The summed E-state index contributed by atoms with van der Waals surface area (Å²) >= 11 is 0. The topological polar surface area (TPSA) is 67.2 Å². The van der Waals surface area contributed by atoms with Crippen molar-refractivity contribution in [1.82, 2.24) is 19.8 Å². The van der Waals surface area contributed by atoms with Crippen LogP contribution in [0.3, 0.4) is 0 Å². The average Bonchev–Trinajstić information content (AvgIpc) is 2.99. The minimum atomic E-state index is -0.331. The molecule has 1 aromatic rings. The van der Waals surface area contributed by atoms with Gasteiger partial charge in [-0.2, -0.15) is 0 Å². The van der Waals surface area contributed by atoms with Gasteiger partial charge < -0.3 is 14.8 Å². The predicted octanol–water partition coefficient (Wildman–Crippen LogP) is 3.15. The zero-order chi connectivity index (χ0) is 18.9. The molecule has 0 spiro atoms. The molecule has 3 rings (SSSR count). The van der Waals surface area contributed by atoms with Crippen LogP contribution in [0.1, 0.15) is 93.0 Å². The van der Waals surface area contributed by atoms with E-state index >= 15 is 0 Å². The summed E-state index contributed by atoms with van der Waals surface area (Å²) in [4.78, 5) is 32.6. The smallest absolute Gasteiger partial charge is 0.287 e. The average molecular weight is 361 g/mol. The fourth-order valence-electron chi connectivity index (χ4n) is 4.11. The molecule has 26 heavy (non-hydrogen) atoms. The summed E-state index contributed by atoms with van der Waals surface area (Å²) in [7, 11) is 0. The SMILES string of the molecule is CCC1CCCCN1C(=O)c1nc(C(=O)NC(C)(C)C)n2c1CCCC2. The van der Waals surface area contributed by atoms with Crippen molar-refractivity contribution in [1.29, 1.82) is 0 Å². The van der Waals surface area contributed by atoms with Gasteiger partial charge in [0, 0.05) is 24.7 Å². The number of carbonyl (C=O) groups is 2. The first-order valence-electron chi connectivity index (χ1n) is 10.0. The maximum atomic E-state index is 13.3. The van der Waals surface area contributed by atoms with Crippen LogP contribution in [0, 0.1) is 0 Å². The van der Waals surface area contributed by atoms with E-state index in [4.69, 9.17) is 0 Å². The Bertz CT molecular complexity index is 687. The van der Waals surface area contributed by atoms with Crippen LogP contribution in [0.4, 0.5) is 0 Å². The van der Waals surface area contributed by atoms with Crippen LogP contribution in [0.2, 0.25) is 0 Å². The van der Waals surface area contributed by atoms with E-state index in [1.165, 1.54) is 6.42 Å². The third kappa shape index (κ3) is 3.79. The summed E-state index contributed by atoms with van der Waals surface area (Å²) < 4.78 is 1.97. The third-order valence-corrected chi connectivity index (χ3v) is 5.37. The fourth-order valence-corrected chi connectivity index (χ4v) is 4.11. The van der Waals surface area contributed by atoms with E-state index in [0.717, 1.165) is 57.3 Å². The van der Waals surface area contributed by atoms with Crippen molar-refractivity contribution in [3.8, 4) is 0 Å². The number of piperidine rings is 1. The number of likely N-dealkylation sites (tertiary alicyclic amines) is 1. The second kappa shape index (κ2) is 7.41. The molecule has 1 saturated heterocycles. The highest BCUT2D eigenvalue weighted by molar-refractivity contribution is 5.97. The molecule has 1 aromatic heterocycles. The lowest BCUT2D eigenvalue weighted by Gasteiger charge is -2.35. The van der Waals surface area contributed by atoms with Gasteiger partial charge in [-0.3, -0.25) is 9.59 Å². The first-order valence-corrected chi connectivity index (χ1v) is 10.0. The largest absolute Gasteiger partial charge is 0.345 e. The molecular weight excluding hydrogens is 328 g/mol. The number of hydrogen-bond acceptors (Lipinski definition) is 3. The lowest BCUT2D eigenvalue weighted by Crippen LogP contribution is -2.44. The molecule has 144 valence electrons. The molecule has 0 aliphatic carbocycles. The Hall–Kier alpha value is -1.85. The second-order valence-electron chi connectivity index (χ2n) is 8.60. The van der Waals surface area contributed by atoms with Gasteiger partial charge in [-0.25, -0.2) is 4.98 Å². The number of nitrogens with one attached hydrogen (secondary N) is 1. The molecule has 0 bridgehead atoms. The lowest BCUT2D eigenvalue weighted by molar-refractivity contribution is 0.0600. The minimum absolute atomic E-state index is 0.0111. The predicted molar refractivity (Wildman–Crippen MR) is 101 cm³/mol. The monoisotopic (exact) mass is 360 g/mol. The van der Waals surface area contributed by atoms with Crippen molar-refractivity contribution in [2.45, 2.75) is 90.8 Å². The van der Waals surface area contributed by atoms with E-state index in [2.05, 4.69) is 17.2 Å². The normalized spacial score (nSPS) is 20.6. The van der Waals surface area contributed by atoms with E-state index in [9.17, 15) is 9.59 Å². The molecular formula is C20H32N4O2.